The summed E-state index contributed by atoms with van der Waals surface area (Å²) in [5.41, 5.74) is 3.46. The molecule has 2 aromatic carbocycles. The maximum absolute atomic E-state index is 12.6. The van der Waals surface area contributed by atoms with Crippen LogP contribution in [0.15, 0.2) is 61.1 Å². The molecule has 0 atom stereocenters. The summed E-state index contributed by atoms with van der Waals surface area (Å²) < 4.78 is 12.0. The standard InChI is InChI=1S/C27H28N6O3/c1-18-14-20(7-9-23(18)36-21-8-6-19(2)29-15-21)32-27-26-22(30-17-31-27)4-3-5-24(26)35-16-25(34)33-12-10-28-11-13-33/h3-9,14-15,17,28H,10-13,16H2,1-2H3,(H,30,31,32). The number of carbonyl (C=O) groups excluding carboxylic acids is 1. The summed E-state index contributed by atoms with van der Waals surface area (Å²) in [7, 11) is 0. The van der Waals surface area contributed by atoms with E-state index >= 15 is 0 Å². The number of piperazine rings is 1. The number of hydrogen-bond acceptors (Lipinski definition) is 8. The van der Waals surface area contributed by atoms with Gasteiger partial charge < -0.3 is 25.0 Å². The Labute approximate surface area is 209 Å². The molecule has 1 amide bonds. The Morgan fingerprint density at radius 3 is 2.67 bits per heavy atom. The number of benzene rings is 2. The van der Waals surface area contributed by atoms with Gasteiger partial charge in [0.05, 0.1) is 17.1 Å². The van der Waals surface area contributed by atoms with Gasteiger partial charge in [0.1, 0.15) is 29.4 Å². The van der Waals surface area contributed by atoms with Crippen LogP contribution in [0.1, 0.15) is 11.3 Å². The molecule has 9 heteroatoms. The van der Waals surface area contributed by atoms with Crippen molar-refractivity contribution in [2.24, 2.45) is 0 Å². The summed E-state index contributed by atoms with van der Waals surface area (Å²) >= 11 is 0. The van der Waals surface area contributed by atoms with Crippen molar-refractivity contribution < 1.29 is 14.3 Å². The topological polar surface area (TPSA) is 102 Å². The lowest BCUT2D eigenvalue weighted by atomic mass is 10.1. The number of anilines is 2. The molecule has 0 saturated carbocycles. The van der Waals surface area contributed by atoms with Gasteiger partial charge in [0, 0.05) is 37.6 Å². The zero-order valence-electron chi connectivity index (χ0n) is 20.3. The number of carbonyl (C=O) groups is 1. The Morgan fingerprint density at radius 2 is 1.89 bits per heavy atom. The van der Waals surface area contributed by atoms with Gasteiger partial charge in [-0.15, -0.1) is 0 Å². The molecule has 1 aliphatic rings. The lowest BCUT2D eigenvalue weighted by Gasteiger charge is -2.27. The van der Waals surface area contributed by atoms with Crippen molar-refractivity contribution in [3.05, 3.63) is 72.3 Å². The van der Waals surface area contributed by atoms with Crippen molar-refractivity contribution in [3.63, 3.8) is 0 Å². The van der Waals surface area contributed by atoms with E-state index in [0.717, 1.165) is 46.7 Å². The normalized spacial score (nSPS) is 13.4. The van der Waals surface area contributed by atoms with Gasteiger partial charge in [0.25, 0.3) is 5.91 Å². The molecule has 2 N–H and O–H groups in total. The Hall–Kier alpha value is -4.24. The number of rotatable bonds is 7. The average molecular weight is 485 g/mol. The highest BCUT2D eigenvalue weighted by Gasteiger charge is 2.18. The fourth-order valence-electron chi connectivity index (χ4n) is 4.06. The largest absolute Gasteiger partial charge is 0.483 e. The summed E-state index contributed by atoms with van der Waals surface area (Å²) in [6.45, 7) is 6.86. The van der Waals surface area contributed by atoms with Gasteiger partial charge >= 0.3 is 0 Å². The van der Waals surface area contributed by atoms with E-state index in [9.17, 15) is 4.79 Å². The quantitative estimate of drug-likeness (QED) is 0.406. The summed E-state index contributed by atoms with van der Waals surface area (Å²) in [4.78, 5) is 27.6. The smallest absolute Gasteiger partial charge is 0.260 e. The molecule has 36 heavy (non-hydrogen) atoms. The molecular weight excluding hydrogens is 456 g/mol. The van der Waals surface area contributed by atoms with Crippen LogP contribution >= 0.6 is 0 Å². The third kappa shape index (κ3) is 5.36. The van der Waals surface area contributed by atoms with Crippen LogP contribution < -0.4 is 20.1 Å². The highest BCUT2D eigenvalue weighted by molar-refractivity contribution is 5.96. The number of nitrogens with zero attached hydrogens (tertiary/aromatic N) is 4. The lowest BCUT2D eigenvalue weighted by molar-refractivity contribution is -0.133. The fraction of sp³-hybridized carbons (Fsp3) is 0.259. The first-order valence-electron chi connectivity index (χ1n) is 11.9. The zero-order valence-corrected chi connectivity index (χ0v) is 20.3. The van der Waals surface area contributed by atoms with Crippen LogP contribution in [0, 0.1) is 13.8 Å². The number of aromatic nitrogens is 3. The van der Waals surface area contributed by atoms with E-state index in [4.69, 9.17) is 9.47 Å². The zero-order chi connectivity index (χ0) is 24.9. The molecule has 184 valence electrons. The third-order valence-corrected chi connectivity index (χ3v) is 6.00. The van der Waals surface area contributed by atoms with Crippen LogP contribution in [0.25, 0.3) is 10.9 Å². The van der Waals surface area contributed by atoms with Crippen molar-refractivity contribution in [3.8, 4) is 17.2 Å². The lowest BCUT2D eigenvalue weighted by Crippen LogP contribution is -2.47. The first-order valence-corrected chi connectivity index (χ1v) is 11.9. The molecule has 5 rings (SSSR count). The molecule has 0 aliphatic carbocycles. The monoisotopic (exact) mass is 484 g/mol. The molecule has 3 heterocycles. The third-order valence-electron chi connectivity index (χ3n) is 6.00. The number of amides is 1. The van der Waals surface area contributed by atoms with Crippen LogP contribution in [-0.4, -0.2) is 58.5 Å². The number of aryl methyl sites for hydroxylation is 2. The molecule has 0 unspecified atom stereocenters. The van der Waals surface area contributed by atoms with Crippen molar-refractivity contribution in [2.45, 2.75) is 13.8 Å². The van der Waals surface area contributed by atoms with Gasteiger partial charge in [-0.05, 0) is 61.9 Å². The Bertz CT molecular complexity index is 1360. The molecule has 0 bridgehead atoms. The van der Waals surface area contributed by atoms with Gasteiger partial charge in [0.15, 0.2) is 6.61 Å². The van der Waals surface area contributed by atoms with Crippen molar-refractivity contribution in [1.82, 2.24) is 25.2 Å². The molecule has 1 saturated heterocycles. The maximum atomic E-state index is 12.6. The summed E-state index contributed by atoms with van der Waals surface area (Å²) in [6, 6.07) is 15.2. The van der Waals surface area contributed by atoms with Crippen molar-refractivity contribution in [1.29, 1.82) is 0 Å². The average Bonchev–Trinajstić information content (AvgIpc) is 2.90. The van der Waals surface area contributed by atoms with Crippen LogP contribution in [-0.2, 0) is 4.79 Å². The minimum absolute atomic E-state index is 0.0325. The minimum Gasteiger partial charge on any atom is -0.483 e. The fourth-order valence-corrected chi connectivity index (χ4v) is 4.06. The number of fused-ring (bicyclic) bond motifs is 1. The molecule has 9 nitrogen and oxygen atoms in total. The molecule has 0 radical (unpaired) electrons. The predicted molar refractivity (Wildman–Crippen MR) is 138 cm³/mol. The SMILES string of the molecule is Cc1ccc(Oc2ccc(Nc3ncnc4cccc(OCC(=O)N5CCNCC5)c34)cc2C)cn1. The molecule has 2 aromatic heterocycles. The van der Waals surface area contributed by atoms with E-state index in [1.54, 1.807) is 6.20 Å². The van der Waals surface area contributed by atoms with Crippen molar-refractivity contribution >= 4 is 28.3 Å². The van der Waals surface area contributed by atoms with E-state index in [-0.39, 0.29) is 12.5 Å². The van der Waals surface area contributed by atoms with E-state index < -0.39 is 0 Å². The molecular formula is C27H28N6O3. The van der Waals surface area contributed by atoms with Crippen LogP contribution in [0.2, 0.25) is 0 Å². The molecule has 1 fully saturated rings. The Kier molecular flexibility index (Phi) is 6.90. The number of nitrogens with one attached hydrogen (secondary N) is 2. The second-order valence-electron chi connectivity index (χ2n) is 8.63. The summed E-state index contributed by atoms with van der Waals surface area (Å²) in [5, 5.41) is 7.34. The second kappa shape index (κ2) is 10.6. The predicted octanol–water partition coefficient (Wildman–Crippen LogP) is 3.99. The molecule has 4 aromatic rings. The number of hydrogen-bond donors (Lipinski definition) is 2. The van der Waals surface area contributed by atoms with E-state index in [2.05, 4.69) is 25.6 Å². The first-order chi connectivity index (χ1) is 17.6. The first kappa shape index (κ1) is 23.5. The van der Waals surface area contributed by atoms with Crippen LogP contribution in [0.3, 0.4) is 0 Å². The van der Waals surface area contributed by atoms with Gasteiger partial charge in [-0.3, -0.25) is 9.78 Å². The van der Waals surface area contributed by atoms with Gasteiger partial charge in [-0.2, -0.15) is 0 Å². The van der Waals surface area contributed by atoms with Crippen LogP contribution in [0.4, 0.5) is 11.5 Å². The van der Waals surface area contributed by atoms with E-state index in [0.29, 0.717) is 30.4 Å². The van der Waals surface area contributed by atoms with E-state index in [1.807, 2.05) is 67.3 Å². The number of pyridine rings is 1. The van der Waals surface area contributed by atoms with Gasteiger partial charge in [-0.25, -0.2) is 9.97 Å². The summed E-state index contributed by atoms with van der Waals surface area (Å²) in [6.07, 6.45) is 3.22. The highest BCUT2D eigenvalue weighted by Crippen LogP contribution is 2.33. The van der Waals surface area contributed by atoms with E-state index in [1.165, 1.54) is 6.33 Å². The van der Waals surface area contributed by atoms with Gasteiger partial charge in [-0.1, -0.05) is 6.07 Å². The number of ether oxygens (including phenoxy) is 2. The highest BCUT2D eigenvalue weighted by atomic mass is 16.5. The van der Waals surface area contributed by atoms with Crippen molar-refractivity contribution in [2.75, 3.05) is 38.1 Å². The second-order valence-corrected chi connectivity index (χ2v) is 8.63. The Morgan fingerprint density at radius 1 is 1.03 bits per heavy atom. The van der Waals surface area contributed by atoms with Gasteiger partial charge in [0.2, 0.25) is 0 Å². The summed E-state index contributed by atoms with van der Waals surface area (Å²) in [5.74, 6) is 2.55. The Balaban J connectivity index is 1.35. The van der Waals surface area contributed by atoms with Crippen LogP contribution in [0.5, 0.6) is 17.2 Å². The molecule has 1 aliphatic heterocycles. The minimum atomic E-state index is -0.0353. The molecule has 0 spiro atoms. The maximum Gasteiger partial charge on any atom is 0.260 e.